The molecular formula is C18H15N3O3. The summed E-state index contributed by atoms with van der Waals surface area (Å²) < 4.78 is 1.61. The van der Waals surface area contributed by atoms with Gasteiger partial charge in [0.1, 0.15) is 0 Å². The monoisotopic (exact) mass is 321 g/mol. The molecule has 0 unspecified atom stereocenters. The van der Waals surface area contributed by atoms with Crippen molar-refractivity contribution in [1.29, 1.82) is 0 Å². The van der Waals surface area contributed by atoms with Crippen LogP contribution in [-0.4, -0.2) is 15.5 Å². The zero-order valence-corrected chi connectivity index (χ0v) is 12.8. The SMILES string of the molecule is O=C(Nc1cccc2c(=O)[nH]ccc12)c1ccc(=O)n(C2CC2)c1. The van der Waals surface area contributed by atoms with Crippen LogP contribution >= 0.6 is 0 Å². The highest BCUT2D eigenvalue weighted by molar-refractivity contribution is 6.08. The van der Waals surface area contributed by atoms with Crippen LogP contribution in [-0.2, 0) is 0 Å². The Morgan fingerprint density at radius 2 is 1.92 bits per heavy atom. The molecule has 4 rings (SSSR count). The van der Waals surface area contributed by atoms with E-state index >= 15 is 0 Å². The van der Waals surface area contributed by atoms with Crippen molar-refractivity contribution in [2.45, 2.75) is 18.9 Å². The number of hydrogen-bond donors (Lipinski definition) is 2. The van der Waals surface area contributed by atoms with E-state index in [1.807, 2.05) is 0 Å². The van der Waals surface area contributed by atoms with Gasteiger partial charge in [-0.3, -0.25) is 14.4 Å². The summed E-state index contributed by atoms with van der Waals surface area (Å²) >= 11 is 0. The molecule has 1 fully saturated rings. The molecule has 1 aromatic carbocycles. The number of fused-ring (bicyclic) bond motifs is 1. The van der Waals surface area contributed by atoms with E-state index in [-0.39, 0.29) is 23.1 Å². The number of nitrogens with zero attached hydrogens (tertiary/aromatic N) is 1. The lowest BCUT2D eigenvalue weighted by Gasteiger charge is -2.10. The third-order valence-electron chi connectivity index (χ3n) is 4.20. The predicted molar refractivity (Wildman–Crippen MR) is 91.5 cm³/mol. The number of aromatic nitrogens is 2. The summed E-state index contributed by atoms with van der Waals surface area (Å²) in [7, 11) is 0. The fourth-order valence-corrected chi connectivity index (χ4v) is 2.80. The lowest BCUT2D eigenvalue weighted by Crippen LogP contribution is -2.21. The molecule has 1 aliphatic rings. The van der Waals surface area contributed by atoms with Crippen LogP contribution in [0.5, 0.6) is 0 Å². The molecule has 0 spiro atoms. The molecule has 0 atom stereocenters. The lowest BCUT2D eigenvalue weighted by atomic mass is 10.1. The average Bonchev–Trinajstić information content (AvgIpc) is 3.41. The van der Waals surface area contributed by atoms with Gasteiger partial charge in [-0.1, -0.05) is 6.07 Å². The fraction of sp³-hybridized carbons (Fsp3) is 0.167. The maximum absolute atomic E-state index is 12.5. The van der Waals surface area contributed by atoms with Gasteiger partial charge >= 0.3 is 0 Å². The smallest absolute Gasteiger partial charge is 0.257 e. The third kappa shape index (κ3) is 2.52. The van der Waals surface area contributed by atoms with Crippen LogP contribution in [0.4, 0.5) is 5.69 Å². The second kappa shape index (κ2) is 5.49. The number of benzene rings is 1. The number of rotatable bonds is 3. The molecule has 6 heteroatoms. The number of aromatic amines is 1. The van der Waals surface area contributed by atoms with Gasteiger partial charge in [-0.2, -0.15) is 0 Å². The topological polar surface area (TPSA) is 84.0 Å². The van der Waals surface area contributed by atoms with Gasteiger partial charge in [0.15, 0.2) is 0 Å². The highest BCUT2D eigenvalue weighted by Gasteiger charge is 2.25. The zero-order valence-electron chi connectivity index (χ0n) is 12.8. The molecule has 0 radical (unpaired) electrons. The van der Waals surface area contributed by atoms with Gasteiger partial charge < -0.3 is 14.9 Å². The molecule has 2 heterocycles. The summed E-state index contributed by atoms with van der Waals surface area (Å²) in [6.07, 6.45) is 5.09. The second-order valence-corrected chi connectivity index (χ2v) is 5.92. The standard InChI is InChI=1S/C18H15N3O3/c22-16-7-4-11(10-21(16)12-5-6-12)17(23)20-15-3-1-2-14-13(15)8-9-19-18(14)24/h1-4,7-10,12H,5-6H2,(H,19,24)(H,20,23). The van der Waals surface area contributed by atoms with E-state index in [1.165, 1.54) is 12.1 Å². The number of H-pyrrole nitrogens is 1. The van der Waals surface area contributed by atoms with Crippen LogP contribution in [0, 0.1) is 0 Å². The van der Waals surface area contributed by atoms with Gasteiger partial charge in [0.2, 0.25) is 0 Å². The minimum absolute atomic E-state index is 0.0919. The Morgan fingerprint density at radius 1 is 1.08 bits per heavy atom. The molecule has 3 aromatic rings. The first-order valence-corrected chi connectivity index (χ1v) is 7.77. The number of pyridine rings is 2. The first-order chi connectivity index (χ1) is 11.6. The van der Waals surface area contributed by atoms with Gasteiger partial charge in [-0.15, -0.1) is 0 Å². The maximum atomic E-state index is 12.5. The van der Waals surface area contributed by atoms with Crippen molar-refractivity contribution in [3.63, 3.8) is 0 Å². The van der Waals surface area contributed by atoms with Crippen molar-refractivity contribution in [2.24, 2.45) is 0 Å². The summed E-state index contributed by atoms with van der Waals surface area (Å²) in [6.45, 7) is 0. The van der Waals surface area contributed by atoms with Crippen molar-refractivity contribution in [2.75, 3.05) is 5.32 Å². The van der Waals surface area contributed by atoms with Crippen LogP contribution < -0.4 is 16.4 Å². The van der Waals surface area contributed by atoms with Crippen molar-refractivity contribution in [3.05, 3.63) is 75.1 Å². The zero-order chi connectivity index (χ0) is 16.7. The lowest BCUT2D eigenvalue weighted by molar-refractivity contribution is 0.102. The highest BCUT2D eigenvalue weighted by Crippen LogP contribution is 2.33. The average molecular weight is 321 g/mol. The van der Waals surface area contributed by atoms with Gasteiger partial charge in [0.05, 0.1) is 5.56 Å². The summed E-state index contributed by atoms with van der Waals surface area (Å²) in [6, 6.07) is 10.1. The predicted octanol–water partition coefficient (Wildman–Crippen LogP) is 2.28. The molecule has 6 nitrogen and oxygen atoms in total. The number of anilines is 1. The van der Waals surface area contributed by atoms with E-state index in [9.17, 15) is 14.4 Å². The molecule has 2 N–H and O–H groups in total. The Kier molecular flexibility index (Phi) is 3.30. The summed E-state index contributed by atoms with van der Waals surface area (Å²) in [5.74, 6) is -0.308. The Bertz CT molecular complexity index is 1060. The summed E-state index contributed by atoms with van der Waals surface area (Å²) in [4.78, 5) is 38.8. The normalized spacial score (nSPS) is 13.8. The molecule has 1 aliphatic carbocycles. The number of carbonyl (C=O) groups is 1. The van der Waals surface area contributed by atoms with Gasteiger partial charge in [-0.25, -0.2) is 0 Å². The first kappa shape index (κ1) is 14.4. The fourth-order valence-electron chi connectivity index (χ4n) is 2.80. The molecule has 1 amide bonds. The molecule has 2 aromatic heterocycles. The van der Waals surface area contributed by atoms with Gasteiger partial charge in [0.25, 0.3) is 17.0 Å². The van der Waals surface area contributed by atoms with E-state index in [2.05, 4.69) is 10.3 Å². The molecule has 0 saturated heterocycles. The first-order valence-electron chi connectivity index (χ1n) is 7.77. The number of hydrogen-bond acceptors (Lipinski definition) is 3. The molecule has 0 aliphatic heterocycles. The number of nitrogens with one attached hydrogen (secondary N) is 2. The minimum atomic E-state index is -0.308. The van der Waals surface area contributed by atoms with Crippen LogP contribution in [0.15, 0.2) is 58.4 Å². The van der Waals surface area contributed by atoms with Crippen LogP contribution in [0.25, 0.3) is 10.8 Å². The van der Waals surface area contributed by atoms with E-state index in [0.29, 0.717) is 22.0 Å². The number of amides is 1. The van der Waals surface area contributed by atoms with E-state index < -0.39 is 0 Å². The molecule has 0 bridgehead atoms. The van der Waals surface area contributed by atoms with E-state index in [0.717, 1.165) is 12.8 Å². The molecule has 120 valence electrons. The number of carbonyl (C=O) groups excluding carboxylic acids is 1. The summed E-state index contributed by atoms with van der Waals surface area (Å²) in [5, 5.41) is 4.01. The van der Waals surface area contributed by atoms with Crippen LogP contribution in [0.3, 0.4) is 0 Å². The molecular weight excluding hydrogens is 306 g/mol. The van der Waals surface area contributed by atoms with Crippen molar-refractivity contribution < 1.29 is 4.79 Å². The third-order valence-corrected chi connectivity index (χ3v) is 4.20. The molecule has 24 heavy (non-hydrogen) atoms. The van der Waals surface area contributed by atoms with E-state index in [1.54, 1.807) is 41.2 Å². The van der Waals surface area contributed by atoms with Gasteiger partial charge in [0, 0.05) is 41.0 Å². The highest BCUT2D eigenvalue weighted by atomic mass is 16.2. The van der Waals surface area contributed by atoms with Crippen molar-refractivity contribution in [1.82, 2.24) is 9.55 Å². The van der Waals surface area contributed by atoms with Gasteiger partial charge in [-0.05, 0) is 37.1 Å². The van der Waals surface area contributed by atoms with Crippen LogP contribution in [0.2, 0.25) is 0 Å². The Balaban J connectivity index is 1.70. The van der Waals surface area contributed by atoms with Crippen molar-refractivity contribution in [3.8, 4) is 0 Å². The van der Waals surface area contributed by atoms with Crippen LogP contribution in [0.1, 0.15) is 29.2 Å². The minimum Gasteiger partial charge on any atom is -0.329 e. The quantitative estimate of drug-likeness (QED) is 0.776. The Labute approximate surface area is 136 Å². The Morgan fingerprint density at radius 3 is 2.71 bits per heavy atom. The summed E-state index contributed by atoms with van der Waals surface area (Å²) in [5.41, 5.74) is 0.688. The van der Waals surface area contributed by atoms with Crippen molar-refractivity contribution >= 4 is 22.4 Å². The molecule has 1 saturated carbocycles. The van der Waals surface area contributed by atoms with E-state index in [4.69, 9.17) is 0 Å². The maximum Gasteiger partial charge on any atom is 0.257 e. The second-order valence-electron chi connectivity index (χ2n) is 5.92. The Hall–Kier alpha value is -3.15. The largest absolute Gasteiger partial charge is 0.329 e.